The molecule has 5 atom stereocenters. The van der Waals surface area contributed by atoms with Crippen LogP contribution in [0.1, 0.15) is 42.6 Å². The lowest BCUT2D eigenvalue weighted by molar-refractivity contribution is -0.129. The Morgan fingerprint density at radius 3 is 2.76 bits per heavy atom. The molecule has 0 spiro atoms. The van der Waals surface area contributed by atoms with Crippen molar-refractivity contribution in [3.8, 4) is 6.07 Å². The first-order valence-electron chi connectivity index (χ1n) is 12.3. The Morgan fingerprint density at radius 1 is 1.29 bits per heavy atom. The van der Waals surface area contributed by atoms with Crippen LogP contribution in [-0.2, 0) is 9.59 Å². The minimum Gasteiger partial charge on any atom is -0.356 e. The van der Waals surface area contributed by atoms with E-state index in [-0.39, 0.29) is 35.5 Å². The highest BCUT2D eigenvalue weighted by Crippen LogP contribution is 2.50. The molecule has 1 aliphatic carbocycles. The van der Waals surface area contributed by atoms with Gasteiger partial charge in [-0.3, -0.25) is 14.4 Å². The van der Waals surface area contributed by atoms with E-state index in [1.807, 2.05) is 6.07 Å². The number of aromatic nitrogens is 1. The van der Waals surface area contributed by atoms with Crippen LogP contribution in [0.25, 0.3) is 10.9 Å². The van der Waals surface area contributed by atoms with Crippen LogP contribution in [0.2, 0.25) is 5.02 Å². The van der Waals surface area contributed by atoms with Gasteiger partial charge >= 0.3 is 0 Å². The van der Waals surface area contributed by atoms with E-state index in [0.29, 0.717) is 13.0 Å². The van der Waals surface area contributed by atoms with Gasteiger partial charge in [0.1, 0.15) is 23.6 Å². The Hall–Kier alpha value is -3.33. The minimum atomic E-state index is -3.01. The molecule has 0 radical (unpaired) electrons. The van der Waals surface area contributed by atoms with Gasteiger partial charge in [0, 0.05) is 37.2 Å². The van der Waals surface area contributed by atoms with E-state index in [4.69, 9.17) is 11.6 Å². The van der Waals surface area contributed by atoms with E-state index in [0.717, 1.165) is 23.5 Å². The van der Waals surface area contributed by atoms with Crippen LogP contribution >= 0.6 is 11.6 Å². The first-order chi connectivity index (χ1) is 18.0. The Labute approximate surface area is 219 Å². The number of nitriles is 1. The quantitative estimate of drug-likeness (QED) is 0.388. The highest BCUT2D eigenvalue weighted by molar-refractivity contribution is 6.31. The molecule has 202 valence electrons. The molecule has 0 unspecified atom stereocenters. The molecule has 3 fully saturated rings. The van der Waals surface area contributed by atoms with Crippen molar-refractivity contribution in [2.24, 2.45) is 17.8 Å². The van der Waals surface area contributed by atoms with Crippen LogP contribution in [0.4, 0.5) is 17.6 Å². The van der Waals surface area contributed by atoms with Gasteiger partial charge in [-0.05, 0) is 43.2 Å². The van der Waals surface area contributed by atoms with E-state index in [1.165, 1.54) is 0 Å². The number of benzene rings is 1. The van der Waals surface area contributed by atoms with E-state index in [2.05, 4.69) is 15.6 Å². The molecule has 2 saturated heterocycles. The van der Waals surface area contributed by atoms with Crippen molar-refractivity contribution in [2.75, 3.05) is 13.1 Å². The molecule has 1 aromatic heterocycles. The molecule has 38 heavy (non-hydrogen) atoms. The summed E-state index contributed by atoms with van der Waals surface area (Å²) in [6.07, 6.45) is 0.180. The highest BCUT2D eigenvalue weighted by atomic mass is 35.5. The van der Waals surface area contributed by atoms with Crippen LogP contribution in [0.3, 0.4) is 0 Å². The van der Waals surface area contributed by atoms with Crippen LogP contribution in [0, 0.1) is 40.7 Å². The zero-order valence-electron chi connectivity index (χ0n) is 20.0. The number of hydrogen-bond acceptors (Lipinski definition) is 4. The first kappa shape index (κ1) is 26.3. The Kier molecular flexibility index (Phi) is 6.75. The summed E-state index contributed by atoms with van der Waals surface area (Å²) in [4.78, 5) is 42.6. The molecule has 1 saturated carbocycles. The summed E-state index contributed by atoms with van der Waals surface area (Å²) in [5, 5.41) is 14.2. The van der Waals surface area contributed by atoms with Gasteiger partial charge < -0.3 is 20.5 Å². The fourth-order valence-corrected chi connectivity index (χ4v) is 6.24. The first-order valence-corrected chi connectivity index (χ1v) is 12.7. The average Bonchev–Trinajstić information content (AvgIpc) is 3.53. The number of carbonyl (C=O) groups excluding carboxylic acids is 3. The number of carbonyl (C=O) groups is 3. The number of alkyl halides is 2. The summed E-state index contributed by atoms with van der Waals surface area (Å²) in [6, 6.07) is 1.40. The minimum absolute atomic E-state index is 0.0420. The molecular formula is C25H24ClF4N5O3. The van der Waals surface area contributed by atoms with Gasteiger partial charge in [0.15, 0.2) is 5.82 Å². The summed E-state index contributed by atoms with van der Waals surface area (Å²) in [5.74, 6) is -8.69. The van der Waals surface area contributed by atoms with Gasteiger partial charge in [-0.1, -0.05) is 11.6 Å². The number of halogens is 5. The SMILES string of the molecule is N#C[C@@H](C[C@H]1CCCNC1=O)NC(=O)[C@@H]1[C@@H]2CC(F)(F)C[C@@H]2CN1C(=O)c1cc2c(F)cc(Cl)c(F)c2[nH]1. The summed E-state index contributed by atoms with van der Waals surface area (Å²) >= 11 is 5.70. The number of hydrogen-bond donors (Lipinski definition) is 3. The third kappa shape index (κ3) is 4.68. The lowest BCUT2D eigenvalue weighted by Crippen LogP contribution is -2.52. The maximum atomic E-state index is 14.5. The largest absolute Gasteiger partial charge is 0.356 e. The lowest BCUT2D eigenvalue weighted by Gasteiger charge is -2.29. The number of aromatic amines is 1. The Morgan fingerprint density at radius 2 is 2.05 bits per heavy atom. The second-order valence-electron chi connectivity index (χ2n) is 10.3. The molecule has 8 nitrogen and oxygen atoms in total. The highest BCUT2D eigenvalue weighted by Gasteiger charge is 2.58. The van der Waals surface area contributed by atoms with Gasteiger partial charge in [0.2, 0.25) is 17.7 Å². The number of H-pyrrole nitrogens is 1. The fraction of sp³-hybridized carbons (Fsp3) is 0.520. The topological polar surface area (TPSA) is 118 Å². The Bertz CT molecular complexity index is 1360. The molecule has 3 aliphatic rings. The van der Waals surface area contributed by atoms with Gasteiger partial charge in [-0.2, -0.15) is 5.26 Å². The molecule has 1 aromatic carbocycles. The van der Waals surface area contributed by atoms with Gasteiger partial charge in [0.05, 0.1) is 16.6 Å². The molecule has 13 heteroatoms. The Balaban J connectivity index is 1.41. The molecule has 3 N–H and O–H groups in total. The molecule has 3 amide bonds. The van der Waals surface area contributed by atoms with Gasteiger partial charge in [-0.25, -0.2) is 17.6 Å². The lowest BCUT2D eigenvalue weighted by atomic mass is 9.90. The van der Waals surface area contributed by atoms with Crippen molar-refractivity contribution in [2.45, 2.75) is 50.1 Å². The van der Waals surface area contributed by atoms with Crippen LogP contribution in [0.5, 0.6) is 0 Å². The van der Waals surface area contributed by atoms with Gasteiger partial charge in [0.25, 0.3) is 5.91 Å². The van der Waals surface area contributed by atoms with Crippen molar-refractivity contribution in [1.82, 2.24) is 20.5 Å². The maximum Gasteiger partial charge on any atom is 0.271 e. The van der Waals surface area contributed by atoms with E-state index in [9.17, 15) is 37.2 Å². The number of fused-ring (bicyclic) bond motifs is 2. The van der Waals surface area contributed by atoms with Crippen molar-refractivity contribution in [3.05, 3.63) is 34.5 Å². The third-order valence-corrected chi connectivity index (χ3v) is 8.06. The molecule has 3 heterocycles. The summed E-state index contributed by atoms with van der Waals surface area (Å²) < 4.78 is 57.3. The van der Waals surface area contributed by atoms with Crippen molar-refractivity contribution >= 4 is 40.2 Å². The van der Waals surface area contributed by atoms with E-state index in [1.54, 1.807) is 0 Å². The summed E-state index contributed by atoms with van der Waals surface area (Å²) in [5.41, 5.74) is -0.569. The molecule has 2 aromatic rings. The monoisotopic (exact) mass is 553 g/mol. The third-order valence-electron chi connectivity index (χ3n) is 7.78. The van der Waals surface area contributed by atoms with Crippen LogP contribution < -0.4 is 10.6 Å². The van der Waals surface area contributed by atoms with Crippen LogP contribution in [-0.4, -0.2) is 58.7 Å². The fourth-order valence-electron chi connectivity index (χ4n) is 6.05. The molecule has 2 aliphatic heterocycles. The van der Waals surface area contributed by atoms with Gasteiger partial charge in [-0.15, -0.1) is 0 Å². The summed E-state index contributed by atoms with van der Waals surface area (Å²) in [7, 11) is 0. The molecular weight excluding hydrogens is 530 g/mol. The number of rotatable bonds is 5. The molecule has 5 rings (SSSR count). The number of nitrogens with zero attached hydrogens (tertiary/aromatic N) is 2. The van der Waals surface area contributed by atoms with Crippen molar-refractivity contribution in [1.29, 1.82) is 5.26 Å². The zero-order valence-corrected chi connectivity index (χ0v) is 20.8. The van der Waals surface area contributed by atoms with Crippen molar-refractivity contribution < 1.29 is 31.9 Å². The standard InChI is InChI=1S/C25H24ClF4N5O3/c26-16-6-17(27)14-5-18(34-20(14)19(16)28)24(38)35-10-12-7-25(29,30)8-15(12)21(35)23(37)33-13(9-31)4-11-2-1-3-32-22(11)36/h5-6,11-13,15,21,34H,1-4,7-8,10H2,(H,32,36)(H,33,37)/t11-,12-,13-,15-,21+/m1/s1. The number of piperidine rings is 1. The van der Waals surface area contributed by atoms with Crippen molar-refractivity contribution in [3.63, 3.8) is 0 Å². The number of amides is 3. The maximum absolute atomic E-state index is 14.5. The molecule has 0 bridgehead atoms. The smallest absolute Gasteiger partial charge is 0.271 e. The normalized spacial score (nSPS) is 27.1. The van der Waals surface area contributed by atoms with E-state index < -0.39 is 77.1 Å². The zero-order chi connectivity index (χ0) is 27.4. The predicted octanol–water partition coefficient (Wildman–Crippen LogP) is 3.51. The van der Waals surface area contributed by atoms with Crippen LogP contribution in [0.15, 0.2) is 12.1 Å². The summed E-state index contributed by atoms with van der Waals surface area (Å²) in [6.45, 7) is 0.365. The number of nitrogens with one attached hydrogen (secondary N) is 3. The second-order valence-corrected chi connectivity index (χ2v) is 10.7. The number of likely N-dealkylation sites (tertiary alicyclic amines) is 1. The second kappa shape index (κ2) is 9.76. The average molecular weight is 554 g/mol. The predicted molar refractivity (Wildman–Crippen MR) is 127 cm³/mol. The van der Waals surface area contributed by atoms with E-state index >= 15 is 0 Å².